The van der Waals surface area contributed by atoms with Gasteiger partial charge in [0.25, 0.3) is 0 Å². The first-order valence-corrected chi connectivity index (χ1v) is 7.24. The molecule has 2 rings (SSSR count). The fraction of sp³-hybridized carbons (Fsp3) is 1.00. The van der Waals surface area contributed by atoms with Crippen LogP contribution < -0.4 is 0 Å². The van der Waals surface area contributed by atoms with Gasteiger partial charge in [-0.05, 0) is 49.8 Å². The molecule has 3 heteroatoms. The summed E-state index contributed by atoms with van der Waals surface area (Å²) in [6, 6.07) is 0. The topological polar surface area (TPSA) is 23.5 Å². The highest BCUT2D eigenvalue weighted by Crippen LogP contribution is 2.40. The molecule has 0 saturated heterocycles. The minimum atomic E-state index is -0.0104. The second-order valence-electron chi connectivity index (χ2n) is 6.05. The zero-order chi connectivity index (χ0) is 11.6. The van der Waals surface area contributed by atoms with Crippen molar-refractivity contribution in [1.82, 2.24) is 4.90 Å². The molecule has 0 aliphatic heterocycles. The van der Waals surface area contributed by atoms with Crippen LogP contribution in [0.2, 0.25) is 0 Å². The molecular weight excluding hydrogens is 218 g/mol. The summed E-state index contributed by atoms with van der Waals surface area (Å²) in [6.07, 6.45) is 7.50. The maximum Gasteiger partial charge on any atom is 0.0546 e. The molecule has 0 spiro atoms. The van der Waals surface area contributed by atoms with Crippen molar-refractivity contribution in [2.45, 2.75) is 44.6 Å². The molecule has 0 unspecified atom stereocenters. The van der Waals surface area contributed by atoms with Gasteiger partial charge in [0.1, 0.15) is 0 Å². The highest BCUT2D eigenvalue weighted by atomic mass is 32.1. The Balaban J connectivity index is 1.75. The van der Waals surface area contributed by atoms with E-state index in [1.54, 1.807) is 0 Å². The lowest BCUT2D eigenvalue weighted by atomic mass is 9.81. The molecule has 0 amide bonds. The Labute approximate surface area is 105 Å². The first-order valence-electron chi connectivity index (χ1n) is 6.61. The molecule has 0 heterocycles. The van der Waals surface area contributed by atoms with Crippen LogP contribution in [0, 0.1) is 11.3 Å². The van der Waals surface area contributed by atoms with Crippen LogP contribution >= 0.6 is 12.6 Å². The van der Waals surface area contributed by atoms with Crippen LogP contribution in [0.15, 0.2) is 0 Å². The molecule has 0 aromatic heterocycles. The number of hydrogen-bond donors (Lipinski definition) is 2. The van der Waals surface area contributed by atoms with Crippen molar-refractivity contribution in [2.24, 2.45) is 11.3 Å². The molecule has 94 valence electrons. The first-order chi connectivity index (χ1) is 7.63. The lowest BCUT2D eigenvalue weighted by molar-refractivity contribution is 0.0232. The molecular formula is C13H25NOS. The average Bonchev–Trinajstić information content (AvgIpc) is 2.65. The second-order valence-corrected chi connectivity index (χ2v) is 6.37. The fourth-order valence-electron chi connectivity index (χ4n) is 3.42. The first kappa shape index (κ1) is 12.7. The number of rotatable bonds is 5. The molecule has 2 fully saturated rings. The van der Waals surface area contributed by atoms with Gasteiger partial charge >= 0.3 is 0 Å². The van der Waals surface area contributed by atoms with Crippen LogP contribution in [0.3, 0.4) is 0 Å². The van der Waals surface area contributed by atoms with Gasteiger partial charge in [-0.1, -0.05) is 12.8 Å². The average molecular weight is 243 g/mol. The van der Waals surface area contributed by atoms with Gasteiger partial charge in [-0.3, -0.25) is 0 Å². The third-order valence-corrected chi connectivity index (χ3v) is 5.06. The van der Waals surface area contributed by atoms with Gasteiger partial charge < -0.3 is 10.0 Å². The zero-order valence-corrected chi connectivity index (χ0v) is 11.3. The van der Waals surface area contributed by atoms with Crippen LogP contribution in [0.4, 0.5) is 0 Å². The van der Waals surface area contributed by atoms with Gasteiger partial charge in [0, 0.05) is 13.1 Å². The van der Waals surface area contributed by atoms with Crippen molar-refractivity contribution in [3.05, 3.63) is 0 Å². The van der Waals surface area contributed by atoms with Crippen molar-refractivity contribution in [3.63, 3.8) is 0 Å². The van der Waals surface area contributed by atoms with E-state index in [4.69, 9.17) is 0 Å². The van der Waals surface area contributed by atoms with Gasteiger partial charge in [0.15, 0.2) is 0 Å². The quantitative estimate of drug-likeness (QED) is 0.723. The maximum atomic E-state index is 9.28. The van der Waals surface area contributed by atoms with E-state index < -0.39 is 0 Å². The Hall–Kier alpha value is 0.270. The molecule has 1 N–H and O–H groups in total. The van der Waals surface area contributed by atoms with Crippen molar-refractivity contribution < 1.29 is 5.11 Å². The zero-order valence-electron chi connectivity index (χ0n) is 10.4. The summed E-state index contributed by atoms with van der Waals surface area (Å²) in [5.41, 5.74) is 0.486. The Morgan fingerprint density at radius 3 is 2.44 bits per heavy atom. The van der Waals surface area contributed by atoms with Crippen LogP contribution in [0.5, 0.6) is 0 Å². The maximum absolute atomic E-state index is 9.28. The molecule has 16 heavy (non-hydrogen) atoms. The van der Waals surface area contributed by atoms with Gasteiger partial charge in [-0.2, -0.15) is 12.6 Å². The van der Waals surface area contributed by atoms with Gasteiger partial charge in [-0.25, -0.2) is 0 Å². The summed E-state index contributed by atoms with van der Waals surface area (Å²) in [6.45, 7) is 2.36. The summed E-state index contributed by atoms with van der Waals surface area (Å²) in [5.74, 6) is 1.77. The predicted octanol–water partition coefficient (Wildman–Crippen LogP) is 2.18. The number of hydrogen-bond acceptors (Lipinski definition) is 3. The van der Waals surface area contributed by atoms with Crippen molar-refractivity contribution in [1.29, 1.82) is 0 Å². The third-order valence-electron chi connectivity index (χ3n) is 4.39. The number of aliphatic hydroxyl groups excluding tert-OH is 1. The molecule has 2 saturated carbocycles. The van der Waals surface area contributed by atoms with Crippen molar-refractivity contribution >= 4 is 12.6 Å². The standard InChI is InChI=1S/C13H25NOS/c1-14(8-11-6-12(15)7-11)9-13(10-16)4-2-3-5-13/h11-12,15-16H,2-10H2,1H3. The second kappa shape index (κ2) is 5.28. The Morgan fingerprint density at radius 2 is 1.94 bits per heavy atom. The smallest absolute Gasteiger partial charge is 0.0546 e. The molecule has 0 bridgehead atoms. The molecule has 2 aliphatic rings. The fourth-order valence-corrected chi connectivity index (χ4v) is 3.83. The van der Waals surface area contributed by atoms with E-state index in [0.717, 1.165) is 31.1 Å². The number of thiol groups is 1. The van der Waals surface area contributed by atoms with E-state index in [1.807, 2.05) is 0 Å². The lowest BCUT2D eigenvalue weighted by Gasteiger charge is -2.38. The number of nitrogens with zero attached hydrogens (tertiary/aromatic N) is 1. The summed E-state index contributed by atoms with van der Waals surface area (Å²) < 4.78 is 0. The normalized spacial score (nSPS) is 33.0. The molecule has 0 aromatic rings. The predicted molar refractivity (Wildman–Crippen MR) is 71.0 cm³/mol. The lowest BCUT2D eigenvalue weighted by Crippen LogP contribution is -2.41. The SMILES string of the molecule is CN(CC1CC(O)C1)CC1(CS)CCCC1. The van der Waals surface area contributed by atoms with Crippen molar-refractivity contribution in [2.75, 3.05) is 25.9 Å². The minimum absolute atomic E-state index is 0.0104. The van der Waals surface area contributed by atoms with E-state index in [-0.39, 0.29) is 6.10 Å². The van der Waals surface area contributed by atoms with Gasteiger partial charge in [-0.15, -0.1) is 0 Å². The molecule has 0 atom stereocenters. The summed E-state index contributed by atoms with van der Waals surface area (Å²) in [4.78, 5) is 2.47. The molecule has 2 nitrogen and oxygen atoms in total. The number of aliphatic hydroxyl groups is 1. The largest absolute Gasteiger partial charge is 0.393 e. The van der Waals surface area contributed by atoms with E-state index in [1.165, 1.54) is 32.2 Å². The van der Waals surface area contributed by atoms with E-state index >= 15 is 0 Å². The van der Waals surface area contributed by atoms with Crippen LogP contribution in [-0.2, 0) is 0 Å². The summed E-state index contributed by atoms with van der Waals surface area (Å²) in [5, 5.41) is 9.28. The van der Waals surface area contributed by atoms with Crippen molar-refractivity contribution in [3.8, 4) is 0 Å². The molecule has 0 aromatic carbocycles. The molecule has 0 radical (unpaired) electrons. The summed E-state index contributed by atoms with van der Waals surface area (Å²) in [7, 11) is 2.23. The third kappa shape index (κ3) is 2.93. The minimum Gasteiger partial charge on any atom is -0.393 e. The van der Waals surface area contributed by atoms with Crippen LogP contribution in [0.1, 0.15) is 38.5 Å². The van der Waals surface area contributed by atoms with Gasteiger partial charge in [0.2, 0.25) is 0 Å². The van der Waals surface area contributed by atoms with Crippen LogP contribution in [0.25, 0.3) is 0 Å². The Bertz CT molecular complexity index is 222. The Morgan fingerprint density at radius 1 is 1.31 bits per heavy atom. The van der Waals surface area contributed by atoms with E-state index in [0.29, 0.717) is 5.41 Å². The highest BCUT2D eigenvalue weighted by molar-refractivity contribution is 7.80. The van der Waals surface area contributed by atoms with E-state index in [9.17, 15) is 5.11 Å². The van der Waals surface area contributed by atoms with Crippen LogP contribution in [-0.4, -0.2) is 42.0 Å². The van der Waals surface area contributed by atoms with E-state index in [2.05, 4.69) is 24.6 Å². The highest BCUT2D eigenvalue weighted by Gasteiger charge is 2.35. The Kier molecular flexibility index (Phi) is 4.20. The molecule has 2 aliphatic carbocycles. The summed E-state index contributed by atoms with van der Waals surface area (Å²) >= 11 is 4.55. The monoisotopic (exact) mass is 243 g/mol. The van der Waals surface area contributed by atoms with Gasteiger partial charge in [0.05, 0.1) is 6.10 Å².